The number of rotatable bonds is 5. The molecule has 146 valence electrons. The largest absolute Gasteiger partial charge is 0.465 e. The van der Waals surface area contributed by atoms with E-state index in [1.807, 2.05) is 0 Å². The molecule has 0 fully saturated rings. The van der Waals surface area contributed by atoms with E-state index in [4.69, 9.17) is 14.2 Å². The minimum Gasteiger partial charge on any atom is -0.465 e. The molecule has 2 heterocycles. The zero-order valence-electron chi connectivity index (χ0n) is 14.8. The van der Waals surface area contributed by atoms with Gasteiger partial charge in [0.25, 0.3) is 10.0 Å². The molecule has 0 saturated carbocycles. The summed E-state index contributed by atoms with van der Waals surface area (Å²) in [5.41, 5.74) is 0.615. The topological polar surface area (TPSA) is 96.2 Å². The summed E-state index contributed by atoms with van der Waals surface area (Å²) in [6.07, 6.45) is 0. The van der Waals surface area contributed by atoms with Crippen molar-refractivity contribution in [2.75, 3.05) is 13.4 Å². The van der Waals surface area contributed by atoms with Crippen LogP contribution in [0.4, 0.5) is 0 Å². The Bertz CT molecular complexity index is 1210. The summed E-state index contributed by atoms with van der Waals surface area (Å²) in [5, 5.41) is 0. The van der Waals surface area contributed by atoms with Crippen molar-refractivity contribution >= 4 is 37.5 Å². The number of aromatic nitrogens is 1. The van der Waals surface area contributed by atoms with Crippen LogP contribution in [0.2, 0.25) is 0 Å². The van der Waals surface area contributed by atoms with Crippen molar-refractivity contribution in [3.8, 4) is 11.5 Å². The van der Waals surface area contributed by atoms with Crippen LogP contribution in [0, 0.1) is 0 Å². The third-order valence-corrected chi connectivity index (χ3v) is 6.45. The average molecular weight is 420 g/mol. The summed E-state index contributed by atoms with van der Waals surface area (Å²) in [5.74, 6) is 0.605. The van der Waals surface area contributed by atoms with Crippen LogP contribution in [0.5, 0.6) is 11.5 Å². The number of esters is 1. The van der Waals surface area contributed by atoms with E-state index in [1.54, 1.807) is 37.3 Å². The first-order valence-corrected chi connectivity index (χ1v) is 10.7. The summed E-state index contributed by atoms with van der Waals surface area (Å²) in [6.45, 7) is 1.88. The van der Waals surface area contributed by atoms with Crippen molar-refractivity contribution in [1.82, 2.24) is 4.57 Å². The number of carbonyl (C=O) groups is 1. The molecule has 10 heteroatoms. The Morgan fingerprint density at radius 3 is 2.64 bits per heavy atom. The summed E-state index contributed by atoms with van der Waals surface area (Å²) >= 11 is 1.15. The van der Waals surface area contributed by atoms with Crippen molar-refractivity contribution in [2.45, 2.75) is 18.4 Å². The second-order valence-corrected chi connectivity index (χ2v) is 8.44. The average Bonchev–Trinajstić information content (AvgIpc) is 3.25. The first kappa shape index (κ1) is 18.5. The zero-order valence-corrected chi connectivity index (χ0v) is 16.5. The molecule has 0 N–H and O–H groups in total. The number of carbonyl (C=O) groups excluding carboxylic acids is 1. The highest BCUT2D eigenvalue weighted by molar-refractivity contribution is 7.90. The Morgan fingerprint density at radius 2 is 1.93 bits per heavy atom. The van der Waals surface area contributed by atoms with Gasteiger partial charge in [0.1, 0.15) is 6.54 Å². The van der Waals surface area contributed by atoms with Crippen molar-refractivity contribution in [3.63, 3.8) is 0 Å². The fourth-order valence-electron chi connectivity index (χ4n) is 2.77. The lowest BCUT2D eigenvalue weighted by molar-refractivity contribution is -0.143. The maximum Gasteiger partial charge on any atom is 0.326 e. The van der Waals surface area contributed by atoms with Crippen LogP contribution >= 0.6 is 11.3 Å². The quantitative estimate of drug-likeness (QED) is 0.588. The standard InChI is InChI=1S/C18H16N2O6S2/c1-2-24-17(21)10-20-13-8-14-15(26-11-25-14)9-16(13)27-18(20)19-28(22,23)12-6-4-3-5-7-12/h3-9H,2,10-11H2,1H3/b19-18-. The van der Waals surface area contributed by atoms with E-state index in [0.29, 0.717) is 17.0 Å². The second-order valence-electron chi connectivity index (χ2n) is 5.83. The van der Waals surface area contributed by atoms with Crippen LogP contribution < -0.4 is 14.3 Å². The van der Waals surface area contributed by atoms with E-state index in [9.17, 15) is 13.2 Å². The van der Waals surface area contributed by atoms with E-state index in [-0.39, 0.29) is 29.6 Å². The maximum absolute atomic E-state index is 12.7. The van der Waals surface area contributed by atoms with Crippen molar-refractivity contribution < 1.29 is 27.4 Å². The maximum atomic E-state index is 12.7. The molecule has 0 saturated heterocycles. The molecule has 0 amide bonds. The molecule has 0 spiro atoms. The van der Waals surface area contributed by atoms with Gasteiger partial charge < -0.3 is 18.8 Å². The second kappa shape index (κ2) is 7.28. The highest BCUT2D eigenvalue weighted by atomic mass is 32.2. The third kappa shape index (κ3) is 3.48. The highest BCUT2D eigenvalue weighted by Gasteiger charge is 2.20. The molecule has 0 aliphatic carbocycles. The zero-order chi connectivity index (χ0) is 19.7. The van der Waals surface area contributed by atoms with Crippen LogP contribution in [0.1, 0.15) is 6.92 Å². The number of hydrogen-bond acceptors (Lipinski definition) is 7. The minimum absolute atomic E-state index is 0.0734. The number of thiazole rings is 1. The smallest absolute Gasteiger partial charge is 0.326 e. The van der Waals surface area contributed by atoms with E-state index in [1.165, 1.54) is 16.7 Å². The number of nitrogens with zero attached hydrogens (tertiary/aromatic N) is 2. The normalized spacial score (nSPS) is 13.8. The fraction of sp³-hybridized carbons (Fsp3) is 0.222. The first-order chi connectivity index (χ1) is 13.5. The van der Waals surface area contributed by atoms with Gasteiger partial charge in [0, 0.05) is 12.1 Å². The number of hydrogen-bond donors (Lipinski definition) is 0. The van der Waals surface area contributed by atoms with E-state index in [2.05, 4.69) is 4.40 Å². The fourth-order valence-corrected chi connectivity index (χ4v) is 5.03. The summed E-state index contributed by atoms with van der Waals surface area (Å²) in [7, 11) is -3.94. The molecule has 2 aromatic carbocycles. The molecule has 0 radical (unpaired) electrons. The monoisotopic (exact) mass is 420 g/mol. The molecule has 0 atom stereocenters. The minimum atomic E-state index is -3.94. The molecule has 0 bridgehead atoms. The van der Waals surface area contributed by atoms with Crippen molar-refractivity contribution in [3.05, 3.63) is 47.3 Å². The number of fused-ring (bicyclic) bond motifs is 2. The Labute approximate surface area is 164 Å². The van der Waals surface area contributed by atoms with Crippen LogP contribution in [0.25, 0.3) is 10.2 Å². The Balaban J connectivity index is 1.90. The number of benzene rings is 2. The van der Waals surface area contributed by atoms with Crippen molar-refractivity contribution in [1.29, 1.82) is 0 Å². The lowest BCUT2D eigenvalue weighted by Gasteiger charge is -2.06. The summed E-state index contributed by atoms with van der Waals surface area (Å²) in [6, 6.07) is 11.4. The predicted molar refractivity (Wildman–Crippen MR) is 102 cm³/mol. The third-order valence-electron chi connectivity index (χ3n) is 4.01. The molecule has 1 aromatic heterocycles. The van der Waals surface area contributed by atoms with Crippen LogP contribution in [-0.4, -0.2) is 32.4 Å². The van der Waals surface area contributed by atoms with Gasteiger partial charge in [0.05, 0.1) is 21.7 Å². The van der Waals surface area contributed by atoms with Gasteiger partial charge in [-0.2, -0.15) is 8.42 Å². The first-order valence-electron chi connectivity index (χ1n) is 8.42. The Morgan fingerprint density at radius 1 is 1.21 bits per heavy atom. The lowest BCUT2D eigenvalue weighted by atomic mass is 10.3. The van der Waals surface area contributed by atoms with Crippen molar-refractivity contribution in [2.24, 2.45) is 4.40 Å². The molecular formula is C18H16N2O6S2. The van der Waals surface area contributed by atoms with Gasteiger partial charge >= 0.3 is 5.97 Å². The molecule has 1 aliphatic rings. The molecule has 28 heavy (non-hydrogen) atoms. The number of sulfonamides is 1. The SMILES string of the molecule is CCOC(=O)Cn1/c(=N/S(=O)(=O)c2ccccc2)sc2cc3c(cc21)OCO3. The predicted octanol–water partition coefficient (Wildman–Crippen LogP) is 2.28. The van der Waals surface area contributed by atoms with E-state index < -0.39 is 16.0 Å². The van der Waals surface area contributed by atoms with Gasteiger partial charge in [-0.1, -0.05) is 29.5 Å². The van der Waals surface area contributed by atoms with Crippen LogP contribution in [0.15, 0.2) is 51.8 Å². The van der Waals surface area contributed by atoms with Gasteiger partial charge in [0.2, 0.25) is 11.6 Å². The molecule has 0 unspecified atom stereocenters. The van der Waals surface area contributed by atoms with Gasteiger partial charge in [0.15, 0.2) is 11.5 Å². The molecule has 1 aliphatic heterocycles. The summed E-state index contributed by atoms with van der Waals surface area (Å²) in [4.78, 5) is 12.3. The molecule has 4 rings (SSSR count). The Hall–Kier alpha value is -2.85. The van der Waals surface area contributed by atoms with E-state index >= 15 is 0 Å². The van der Waals surface area contributed by atoms with E-state index in [0.717, 1.165) is 16.0 Å². The number of ether oxygens (including phenoxy) is 3. The lowest BCUT2D eigenvalue weighted by Crippen LogP contribution is -2.23. The molecule has 8 nitrogen and oxygen atoms in total. The molecular weight excluding hydrogens is 404 g/mol. The van der Waals surface area contributed by atoms with Gasteiger partial charge in [-0.25, -0.2) is 0 Å². The van der Waals surface area contributed by atoms with Gasteiger partial charge in [-0.15, -0.1) is 4.40 Å². The Kier molecular flexibility index (Phi) is 4.82. The van der Waals surface area contributed by atoms with Crippen LogP contribution in [-0.2, 0) is 26.1 Å². The van der Waals surface area contributed by atoms with Crippen LogP contribution in [0.3, 0.4) is 0 Å². The molecule has 3 aromatic rings. The highest BCUT2D eigenvalue weighted by Crippen LogP contribution is 2.37. The summed E-state index contributed by atoms with van der Waals surface area (Å²) < 4.78 is 47.4. The van der Waals surface area contributed by atoms with Gasteiger partial charge in [-0.3, -0.25) is 4.79 Å². The van der Waals surface area contributed by atoms with Gasteiger partial charge in [-0.05, 0) is 19.1 Å².